The van der Waals surface area contributed by atoms with Gasteiger partial charge < -0.3 is 8.83 Å². The highest BCUT2D eigenvalue weighted by atomic mass is 32.2. The molecule has 38 heavy (non-hydrogen) atoms. The van der Waals surface area contributed by atoms with Crippen LogP contribution in [0.5, 0.6) is 0 Å². The largest absolute Gasteiger partial charge is 0.455 e. The number of para-hydroxylation sites is 2. The second-order valence-corrected chi connectivity index (χ2v) is 11.3. The van der Waals surface area contributed by atoms with Crippen molar-refractivity contribution in [2.24, 2.45) is 0 Å². The van der Waals surface area contributed by atoms with Crippen LogP contribution in [-0.2, 0) is 20.2 Å². The number of rotatable bonds is 5. The average Bonchev–Trinajstić information content (AvgIpc) is 3.48. The lowest BCUT2D eigenvalue weighted by molar-refractivity contribution is 0.480. The summed E-state index contributed by atoms with van der Waals surface area (Å²) < 4.78 is 79.7. The lowest BCUT2D eigenvalue weighted by atomic mass is 10.0. The van der Waals surface area contributed by atoms with Crippen molar-refractivity contribution in [2.75, 3.05) is 0 Å². The van der Waals surface area contributed by atoms with Gasteiger partial charge in [0.1, 0.15) is 21.0 Å². The zero-order chi connectivity index (χ0) is 26.7. The van der Waals surface area contributed by atoms with Gasteiger partial charge in [-0.15, -0.1) is 0 Å². The topological polar surface area (TPSA) is 135 Å². The molecule has 10 heteroatoms. The maximum atomic E-state index is 12.1. The third kappa shape index (κ3) is 4.09. The van der Waals surface area contributed by atoms with Crippen LogP contribution in [-0.4, -0.2) is 25.9 Å². The van der Waals surface area contributed by atoms with Crippen molar-refractivity contribution in [3.63, 3.8) is 0 Å². The number of benzene rings is 4. The smallest absolute Gasteiger partial charge is 0.299 e. The van der Waals surface area contributed by atoms with Crippen molar-refractivity contribution in [1.29, 1.82) is 0 Å². The van der Waals surface area contributed by atoms with E-state index in [4.69, 9.17) is 8.83 Å². The van der Waals surface area contributed by atoms with Crippen LogP contribution in [0.1, 0.15) is 0 Å². The van der Waals surface area contributed by atoms with Crippen molar-refractivity contribution in [1.82, 2.24) is 0 Å². The van der Waals surface area contributed by atoms with E-state index < -0.39 is 20.2 Å². The molecule has 8 nitrogen and oxygen atoms in total. The standard InChI is InChI=1S/C28H18O8S2/c29-37(30,31)27-21-5-1-3-7-23(21)35-25(27)19-13-9-17(10-14-19)18-11-15-20(16-12-18)26-28(38(32,33)34)22-6-2-4-8-24(22)36-26/h1-16H,(H,29,30,31)(H,32,33,34). The van der Waals surface area contributed by atoms with E-state index >= 15 is 0 Å². The summed E-state index contributed by atoms with van der Waals surface area (Å²) in [6.45, 7) is 0. The van der Waals surface area contributed by atoms with Gasteiger partial charge in [-0.05, 0) is 35.4 Å². The maximum Gasteiger partial charge on any atom is 0.299 e. The van der Waals surface area contributed by atoms with Crippen LogP contribution in [0.3, 0.4) is 0 Å². The van der Waals surface area contributed by atoms with E-state index in [9.17, 15) is 25.9 Å². The highest BCUT2D eigenvalue weighted by Crippen LogP contribution is 2.39. The molecule has 2 heterocycles. The van der Waals surface area contributed by atoms with Crippen LogP contribution in [0, 0.1) is 0 Å². The Hall–Kier alpha value is -4.22. The van der Waals surface area contributed by atoms with Gasteiger partial charge in [-0.3, -0.25) is 9.11 Å². The van der Waals surface area contributed by atoms with Gasteiger partial charge in [0.05, 0.1) is 0 Å². The van der Waals surface area contributed by atoms with Crippen LogP contribution < -0.4 is 0 Å². The normalized spacial score (nSPS) is 12.4. The first-order chi connectivity index (χ1) is 18.1. The Morgan fingerprint density at radius 1 is 0.447 bits per heavy atom. The van der Waals surface area contributed by atoms with E-state index in [-0.39, 0.29) is 21.3 Å². The van der Waals surface area contributed by atoms with E-state index in [1.165, 1.54) is 0 Å². The first-order valence-corrected chi connectivity index (χ1v) is 14.2. The summed E-state index contributed by atoms with van der Waals surface area (Å²) >= 11 is 0. The van der Waals surface area contributed by atoms with Crippen LogP contribution in [0.25, 0.3) is 55.7 Å². The van der Waals surface area contributed by atoms with Crippen LogP contribution in [0.2, 0.25) is 0 Å². The molecule has 0 aliphatic rings. The summed E-state index contributed by atoms with van der Waals surface area (Å²) in [4.78, 5) is -0.573. The number of hydrogen-bond donors (Lipinski definition) is 2. The summed E-state index contributed by atoms with van der Waals surface area (Å²) in [5.74, 6) is 0.0800. The summed E-state index contributed by atoms with van der Waals surface area (Å²) in [7, 11) is -9.09. The quantitative estimate of drug-likeness (QED) is 0.229. The van der Waals surface area contributed by atoms with Crippen LogP contribution >= 0.6 is 0 Å². The molecule has 0 spiro atoms. The molecule has 0 aliphatic heterocycles. The van der Waals surface area contributed by atoms with Crippen LogP contribution in [0.4, 0.5) is 0 Å². The second kappa shape index (κ2) is 8.67. The van der Waals surface area contributed by atoms with Gasteiger partial charge in [0.2, 0.25) is 0 Å². The van der Waals surface area contributed by atoms with E-state index in [1.807, 2.05) is 0 Å². The summed E-state index contributed by atoms with van der Waals surface area (Å²) in [6.07, 6.45) is 0. The molecule has 6 rings (SSSR count). The molecule has 0 fully saturated rings. The first kappa shape index (κ1) is 24.1. The Bertz CT molecular complexity index is 1900. The number of fused-ring (bicyclic) bond motifs is 2. The van der Waals surface area contributed by atoms with Crippen molar-refractivity contribution in [2.45, 2.75) is 9.79 Å². The molecule has 2 aromatic heterocycles. The minimum Gasteiger partial charge on any atom is -0.455 e. The molecule has 2 N–H and O–H groups in total. The Morgan fingerprint density at radius 3 is 1.11 bits per heavy atom. The fourth-order valence-electron chi connectivity index (χ4n) is 4.56. The first-order valence-electron chi connectivity index (χ1n) is 11.3. The minimum atomic E-state index is -4.55. The molecular formula is C28H18O8S2. The Kier molecular flexibility index (Phi) is 5.51. The van der Waals surface area contributed by atoms with Crippen molar-refractivity contribution >= 4 is 42.2 Å². The van der Waals surface area contributed by atoms with Crippen molar-refractivity contribution in [3.05, 3.63) is 97.1 Å². The molecule has 0 atom stereocenters. The SMILES string of the molecule is O=S(=O)(O)c1c(-c2ccc(-c3ccc(-c4oc5ccccc5c4S(=O)(=O)O)cc3)cc2)oc2ccccc12. The summed E-state index contributed by atoms with van der Waals surface area (Å²) in [5.41, 5.74) is 3.20. The molecular weight excluding hydrogens is 528 g/mol. The Balaban J connectivity index is 1.38. The molecule has 0 aliphatic carbocycles. The lowest BCUT2D eigenvalue weighted by Gasteiger charge is -2.06. The van der Waals surface area contributed by atoms with Gasteiger partial charge in [0.25, 0.3) is 20.2 Å². The van der Waals surface area contributed by atoms with Crippen LogP contribution in [0.15, 0.2) is 116 Å². The molecule has 0 unspecified atom stereocenters. The molecule has 0 bridgehead atoms. The number of hydrogen-bond acceptors (Lipinski definition) is 6. The predicted octanol–water partition coefficient (Wildman–Crippen LogP) is 6.67. The Labute approximate surface area is 217 Å². The molecule has 4 aromatic carbocycles. The highest BCUT2D eigenvalue weighted by Gasteiger charge is 2.26. The lowest BCUT2D eigenvalue weighted by Crippen LogP contribution is -1.99. The van der Waals surface area contributed by atoms with Crippen molar-refractivity contribution < 1.29 is 34.8 Å². The van der Waals surface area contributed by atoms with Gasteiger partial charge in [-0.25, -0.2) is 0 Å². The highest BCUT2D eigenvalue weighted by molar-refractivity contribution is 7.86. The Morgan fingerprint density at radius 2 is 0.763 bits per heavy atom. The van der Waals surface area contributed by atoms with Gasteiger partial charge in [-0.2, -0.15) is 16.8 Å². The molecule has 190 valence electrons. The minimum absolute atomic E-state index is 0.0400. The average molecular weight is 547 g/mol. The molecule has 0 saturated carbocycles. The van der Waals surface area contributed by atoms with Crippen molar-refractivity contribution in [3.8, 4) is 33.8 Å². The maximum absolute atomic E-state index is 12.1. The molecule has 0 radical (unpaired) electrons. The third-order valence-electron chi connectivity index (χ3n) is 6.24. The summed E-state index contributed by atoms with van der Waals surface area (Å²) in [6, 6.07) is 27.0. The zero-order valence-electron chi connectivity index (χ0n) is 19.4. The van der Waals surface area contributed by atoms with Gasteiger partial charge in [-0.1, -0.05) is 72.8 Å². The van der Waals surface area contributed by atoms with Gasteiger partial charge >= 0.3 is 0 Å². The van der Waals surface area contributed by atoms with Gasteiger partial charge in [0.15, 0.2) is 11.5 Å². The predicted molar refractivity (Wildman–Crippen MR) is 142 cm³/mol. The monoisotopic (exact) mass is 546 g/mol. The fourth-order valence-corrected chi connectivity index (χ4v) is 6.24. The molecule has 0 amide bonds. The fraction of sp³-hybridized carbons (Fsp3) is 0. The molecule has 6 aromatic rings. The zero-order valence-corrected chi connectivity index (χ0v) is 21.0. The van der Waals surface area contributed by atoms with E-state index in [0.717, 1.165) is 11.1 Å². The van der Waals surface area contributed by atoms with Gasteiger partial charge in [0, 0.05) is 21.9 Å². The molecule has 0 saturated heterocycles. The van der Waals surface area contributed by atoms with E-state index in [1.54, 1.807) is 97.1 Å². The summed E-state index contributed by atoms with van der Waals surface area (Å²) in [5, 5.41) is 0.582. The van der Waals surface area contributed by atoms with E-state index in [2.05, 4.69) is 0 Å². The second-order valence-electron chi connectivity index (χ2n) is 8.62. The van der Waals surface area contributed by atoms with E-state index in [0.29, 0.717) is 33.1 Å². The number of furan rings is 2. The third-order valence-corrected chi connectivity index (χ3v) is 8.09.